The Balaban J connectivity index is 1.31. The summed E-state index contributed by atoms with van der Waals surface area (Å²) in [4.78, 5) is 5.18. The van der Waals surface area contributed by atoms with E-state index in [1.54, 1.807) is 0 Å². The van der Waals surface area contributed by atoms with Crippen LogP contribution in [0, 0.1) is 0 Å². The van der Waals surface area contributed by atoms with Gasteiger partial charge in [0.05, 0.1) is 16.6 Å². The standard InChI is InChI=1S/C40H31NO/c1-3-12-29(13-4-1)36-27-24-30-14-11-17-33(39(30)41-36)28-22-25-32(26-23-28)40(31-15-5-2-6-16-31)34-18-7-9-20-37(34)42-38-21-10-8-19-35(38)40/h3,5,7-27H,1-2,4,6H2. The van der Waals surface area contributed by atoms with E-state index in [1.165, 1.54) is 33.4 Å². The average Bonchev–Trinajstić information content (AvgIpc) is 3.07. The molecule has 5 aromatic rings. The fourth-order valence-electron chi connectivity index (χ4n) is 6.92. The van der Waals surface area contributed by atoms with Crippen LogP contribution in [0.1, 0.15) is 48.1 Å². The Morgan fingerprint density at radius 2 is 1.31 bits per heavy atom. The van der Waals surface area contributed by atoms with Crippen LogP contribution in [0.15, 0.2) is 145 Å². The van der Waals surface area contributed by atoms with Crippen LogP contribution < -0.4 is 4.74 Å². The summed E-state index contributed by atoms with van der Waals surface area (Å²) in [7, 11) is 0. The molecule has 42 heavy (non-hydrogen) atoms. The Hall–Kier alpha value is -4.95. The summed E-state index contributed by atoms with van der Waals surface area (Å²) >= 11 is 0. The number of hydrogen-bond acceptors (Lipinski definition) is 2. The minimum absolute atomic E-state index is 0.467. The second kappa shape index (κ2) is 10.2. The third kappa shape index (κ3) is 3.90. The van der Waals surface area contributed by atoms with Gasteiger partial charge >= 0.3 is 0 Å². The third-order valence-electron chi connectivity index (χ3n) is 8.87. The lowest BCUT2D eigenvalue weighted by Crippen LogP contribution is -2.34. The van der Waals surface area contributed by atoms with Gasteiger partial charge in [0.25, 0.3) is 0 Å². The van der Waals surface area contributed by atoms with Crippen molar-refractivity contribution in [3.63, 3.8) is 0 Å². The Kier molecular flexibility index (Phi) is 6.00. The SMILES string of the molecule is C1=CC(c2ccc3cccc(-c4ccc(C5(C6=CCCC=C6)c6ccccc6Oc6ccccc65)cc4)c3n2)=CCC1. The molecule has 2 nitrogen and oxygen atoms in total. The molecule has 0 saturated heterocycles. The Bertz CT molecular complexity index is 1910. The van der Waals surface area contributed by atoms with E-state index in [-0.39, 0.29) is 0 Å². The summed E-state index contributed by atoms with van der Waals surface area (Å²) in [6.07, 6.45) is 18.1. The van der Waals surface area contributed by atoms with E-state index < -0.39 is 5.41 Å². The first-order valence-corrected chi connectivity index (χ1v) is 14.9. The molecule has 0 amide bonds. The molecule has 0 spiro atoms. The van der Waals surface area contributed by atoms with Gasteiger partial charge in [0.1, 0.15) is 11.5 Å². The number of nitrogens with zero attached hydrogens (tertiary/aromatic N) is 1. The lowest BCUT2D eigenvalue weighted by atomic mass is 9.62. The Labute approximate surface area is 247 Å². The quantitative estimate of drug-likeness (QED) is 0.226. The van der Waals surface area contributed by atoms with Gasteiger partial charge in [0.2, 0.25) is 0 Å². The summed E-state index contributed by atoms with van der Waals surface area (Å²) < 4.78 is 6.48. The van der Waals surface area contributed by atoms with E-state index in [0.29, 0.717) is 0 Å². The molecule has 0 N–H and O–H groups in total. The number of benzene rings is 4. The summed E-state index contributed by atoms with van der Waals surface area (Å²) in [6.45, 7) is 0. The Morgan fingerprint density at radius 1 is 0.595 bits per heavy atom. The molecule has 0 saturated carbocycles. The maximum atomic E-state index is 6.48. The van der Waals surface area contributed by atoms with Crippen molar-refractivity contribution in [2.24, 2.45) is 0 Å². The maximum Gasteiger partial charge on any atom is 0.132 e. The molecule has 4 aromatic carbocycles. The predicted molar refractivity (Wildman–Crippen MR) is 173 cm³/mol. The highest BCUT2D eigenvalue weighted by Crippen LogP contribution is 2.56. The number of para-hydroxylation sites is 3. The van der Waals surface area contributed by atoms with Gasteiger partial charge in [0.15, 0.2) is 0 Å². The molecule has 0 fully saturated rings. The van der Waals surface area contributed by atoms with Crippen molar-refractivity contribution in [1.82, 2.24) is 4.98 Å². The van der Waals surface area contributed by atoms with Gasteiger partial charge in [-0.1, -0.05) is 121 Å². The first-order valence-electron chi connectivity index (χ1n) is 14.9. The number of allylic oxidation sites excluding steroid dienone is 8. The zero-order valence-corrected chi connectivity index (χ0v) is 23.5. The van der Waals surface area contributed by atoms with E-state index in [9.17, 15) is 0 Å². The average molecular weight is 542 g/mol. The number of hydrogen-bond donors (Lipinski definition) is 0. The molecule has 2 aliphatic carbocycles. The van der Waals surface area contributed by atoms with E-state index in [4.69, 9.17) is 9.72 Å². The minimum atomic E-state index is -0.467. The molecular weight excluding hydrogens is 510 g/mol. The number of fused-ring (bicyclic) bond motifs is 3. The van der Waals surface area contributed by atoms with Gasteiger partial charge in [-0.2, -0.15) is 0 Å². The van der Waals surface area contributed by atoms with Crippen LogP contribution in [-0.2, 0) is 5.41 Å². The second-order valence-corrected chi connectivity index (χ2v) is 11.3. The van der Waals surface area contributed by atoms with Crippen molar-refractivity contribution in [3.8, 4) is 22.6 Å². The topological polar surface area (TPSA) is 22.1 Å². The summed E-state index contributed by atoms with van der Waals surface area (Å²) in [6, 6.07) is 37.0. The second-order valence-electron chi connectivity index (χ2n) is 11.3. The van der Waals surface area contributed by atoms with E-state index in [0.717, 1.165) is 59.3 Å². The van der Waals surface area contributed by atoms with Gasteiger partial charge in [-0.05, 0) is 66.2 Å². The molecule has 0 unspecified atom stereocenters. The number of ether oxygens (including phenoxy) is 1. The molecular formula is C40H31NO. The third-order valence-corrected chi connectivity index (χ3v) is 8.87. The minimum Gasteiger partial charge on any atom is -0.457 e. The monoisotopic (exact) mass is 541 g/mol. The van der Waals surface area contributed by atoms with Crippen molar-refractivity contribution >= 4 is 16.5 Å². The highest BCUT2D eigenvalue weighted by molar-refractivity contribution is 5.95. The van der Waals surface area contributed by atoms with Crippen LogP contribution in [0.2, 0.25) is 0 Å². The molecule has 3 aliphatic rings. The Morgan fingerprint density at radius 3 is 2.00 bits per heavy atom. The molecule has 2 heteroatoms. The summed E-state index contributed by atoms with van der Waals surface area (Å²) in [5.74, 6) is 1.83. The van der Waals surface area contributed by atoms with Crippen molar-refractivity contribution < 1.29 is 4.74 Å². The van der Waals surface area contributed by atoms with Crippen molar-refractivity contribution in [2.45, 2.75) is 31.1 Å². The van der Waals surface area contributed by atoms with E-state index in [2.05, 4.69) is 140 Å². The molecule has 0 atom stereocenters. The normalized spacial score (nSPS) is 16.7. The predicted octanol–water partition coefficient (Wildman–Crippen LogP) is 10.4. The molecule has 1 aliphatic heterocycles. The van der Waals surface area contributed by atoms with Crippen molar-refractivity contribution in [2.75, 3.05) is 0 Å². The van der Waals surface area contributed by atoms with Gasteiger partial charge < -0.3 is 4.74 Å². The van der Waals surface area contributed by atoms with Crippen LogP contribution in [0.5, 0.6) is 11.5 Å². The molecule has 0 radical (unpaired) electrons. The number of aromatic nitrogens is 1. The van der Waals surface area contributed by atoms with Gasteiger partial charge in [-0.15, -0.1) is 0 Å². The van der Waals surface area contributed by atoms with Crippen molar-refractivity contribution in [1.29, 1.82) is 0 Å². The highest BCUT2D eigenvalue weighted by Gasteiger charge is 2.45. The first-order chi connectivity index (χ1) is 20.8. The zero-order chi connectivity index (χ0) is 27.9. The summed E-state index contributed by atoms with van der Waals surface area (Å²) in [5, 5.41) is 1.15. The van der Waals surface area contributed by atoms with Crippen molar-refractivity contribution in [3.05, 3.63) is 168 Å². The zero-order valence-electron chi connectivity index (χ0n) is 23.5. The maximum absolute atomic E-state index is 6.48. The van der Waals surface area contributed by atoms with Gasteiger partial charge in [0, 0.05) is 22.1 Å². The van der Waals surface area contributed by atoms with E-state index >= 15 is 0 Å². The smallest absolute Gasteiger partial charge is 0.132 e. The van der Waals surface area contributed by atoms with Crippen LogP contribution in [0.4, 0.5) is 0 Å². The summed E-state index contributed by atoms with van der Waals surface area (Å²) in [5.41, 5.74) is 10.0. The first kappa shape index (κ1) is 24.8. The fourth-order valence-corrected chi connectivity index (χ4v) is 6.92. The lowest BCUT2D eigenvalue weighted by Gasteiger charge is -2.42. The van der Waals surface area contributed by atoms with Gasteiger partial charge in [-0.25, -0.2) is 4.98 Å². The molecule has 202 valence electrons. The number of rotatable bonds is 4. The largest absolute Gasteiger partial charge is 0.457 e. The van der Waals surface area contributed by atoms with E-state index in [1.807, 2.05) is 0 Å². The molecule has 0 bridgehead atoms. The fraction of sp³-hybridized carbons (Fsp3) is 0.125. The highest BCUT2D eigenvalue weighted by atomic mass is 16.5. The van der Waals surface area contributed by atoms with Crippen LogP contribution >= 0.6 is 0 Å². The van der Waals surface area contributed by atoms with Gasteiger partial charge in [-0.3, -0.25) is 0 Å². The molecule has 8 rings (SSSR count). The van der Waals surface area contributed by atoms with Crippen LogP contribution in [-0.4, -0.2) is 4.98 Å². The number of pyridine rings is 1. The lowest BCUT2D eigenvalue weighted by molar-refractivity contribution is 0.434. The van der Waals surface area contributed by atoms with Crippen LogP contribution in [0.25, 0.3) is 27.6 Å². The molecule has 1 aromatic heterocycles. The van der Waals surface area contributed by atoms with Crippen LogP contribution in [0.3, 0.4) is 0 Å². The molecule has 2 heterocycles.